The van der Waals surface area contributed by atoms with Crippen molar-refractivity contribution in [2.75, 3.05) is 6.61 Å². The van der Waals surface area contributed by atoms with Crippen molar-refractivity contribution in [2.45, 2.75) is 65.0 Å². The van der Waals surface area contributed by atoms with E-state index in [2.05, 4.69) is 50.5 Å². The summed E-state index contributed by atoms with van der Waals surface area (Å²) in [6.45, 7) is 9.28. The van der Waals surface area contributed by atoms with E-state index < -0.39 is 0 Å². The molecular formula is C17H30N2O. The Bertz CT molecular complexity index is 371. The second-order valence-corrected chi connectivity index (χ2v) is 5.30. The Balaban J connectivity index is 2.87. The average molecular weight is 278 g/mol. The topological polar surface area (TPSA) is 47.3 Å². The molecule has 3 nitrogen and oxygen atoms in total. The van der Waals surface area contributed by atoms with E-state index in [0.29, 0.717) is 6.61 Å². The van der Waals surface area contributed by atoms with E-state index in [1.807, 2.05) is 6.92 Å². The molecule has 0 aliphatic carbocycles. The number of hydrazine groups is 1. The summed E-state index contributed by atoms with van der Waals surface area (Å²) >= 11 is 0. The number of nitrogens with two attached hydrogens (primary N) is 1. The van der Waals surface area contributed by atoms with E-state index in [-0.39, 0.29) is 11.6 Å². The maximum Gasteiger partial charge on any atom is 0.0846 e. The lowest BCUT2D eigenvalue weighted by Crippen LogP contribution is -2.55. The van der Waals surface area contributed by atoms with Crippen LogP contribution in [0.2, 0.25) is 0 Å². The first-order chi connectivity index (χ1) is 9.65. The quantitative estimate of drug-likeness (QED) is 0.538. The minimum Gasteiger partial charge on any atom is -0.374 e. The SMILES string of the molecule is CCOC(CC)(CC)C(Cc1ccc(CC)cc1)NN. The summed E-state index contributed by atoms with van der Waals surface area (Å²) < 4.78 is 6.06. The lowest BCUT2D eigenvalue weighted by Gasteiger charge is -2.39. The van der Waals surface area contributed by atoms with Crippen molar-refractivity contribution >= 4 is 0 Å². The van der Waals surface area contributed by atoms with E-state index in [0.717, 1.165) is 25.7 Å². The molecule has 0 saturated carbocycles. The average Bonchev–Trinajstić information content (AvgIpc) is 2.51. The van der Waals surface area contributed by atoms with Crippen molar-refractivity contribution in [3.63, 3.8) is 0 Å². The minimum atomic E-state index is -0.188. The Morgan fingerprint density at radius 2 is 1.60 bits per heavy atom. The van der Waals surface area contributed by atoms with Gasteiger partial charge in [-0.1, -0.05) is 45.0 Å². The lowest BCUT2D eigenvalue weighted by atomic mass is 9.84. The number of ether oxygens (including phenoxy) is 1. The van der Waals surface area contributed by atoms with E-state index in [4.69, 9.17) is 10.6 Å². The summed E-state index contributed by atoms with van der Waals surface area (Å²) in [5.74, 6) is 5.81. The van der Waals surface area contributed by atoms with Crippen LogP contribution >= 0.6 is 0 Å². The van der Waals surface area contributed by atoms with Gasteiger partial charge in [0.2, 0.25) is 0 Å². The molecule has 20 heavy (non-hydrogen) atoms. The van der Waals surface area contributed by atoms with E-state index >= 15 is 0 Å². The van der Waals surface area contributed by atoms with Crippen molar-refractivity contribution in [3.8, 4) is 0 Å². The number of benzene rings is 1. The molecule has 1 atom stereocenters. The highest BCUT2D eigenvalue weighted by molar-refractivity contribution is 5.23. The van der Waals surface area contributed by atoms with Gasteiger partial charge in [0.25, 0.3) is 0 Å². The van der Waals surface area contributed by atoms with Crippen LogP contribution in [0.4, 0.5) is 0 Å². The second-order valence-electron chi connectivity index (χ2n) is 5.30. The predicted octanol–water partition coefficient (Wildman–Crippen LogP) is 3.22. The van der Waals surface area contributed by atoms with Gasteiger partial charge in [-0.25, -0.2) is 0 Å². The van der Waals surface area contributed by atoms with Crippen molar-refractivity contribution in [1.29, 1.82) is 0 Å². The van der Waals surface area contributed by atoms with Crippen LogP contribution in [0.15, 0.2) is 24.3 Å². The third kappa shape index (κ3) is 4.05. The normalized spacial score (nSPS) is 13.4. The Labute approximate surface area is 123 Å². The van der Waals surface area contributed by atoms with Gasteiger partial charge in [0.1, 0.15) is 0 Å². The zero-order valence-electron chi connectivity index (χ0n) is 13.4. The molecule has 0 heterocycles. The van der Waals surface area contributed by atoms with Crippen molar-refractivity contribution in [2.24, 2.45) is 5.84 Å². The zero-order valence-corrected chi connectivity index (χ0v) is 13.4. The van der Waals surface area contributed by atoms with E-state index in [1.54, 1.807) is 0 Å². The van der Waals surface area contributed by atoms with Crippen LogP contribution in [0.25, 0.3) is 0 Å². The number of aryl methyl sites for hydroxylation is 1. The molecule has 1 aromatic rings. The first-order valence-corrected chi connectivity index (χ1v) is 7.83. The standard InChI is InChI=1S/C17H30N2O/c1-5-14-9-11-15(12-10-14)13-16(19-18)17(6-2,7-3)20-8-4/h9-12,16,19H,5-8,13,18H2,1-4H3. The lowest BCUT2D eigenvalue weighted by molar-refractivity contribution is -0.0719. The highest BCUT2D eigenvalue weighted by Crippen LogP contribution is 2.27. The molecule has 3 heteroatoms. The van der Waals surface area contributed by atoms with Gasteiger partial charge < -0.3 is 4.74 Å². The molecular weight excluding hydrogens is 248 g/mol. The van der Waals surface area contributed by atoms with Crippen molar-refractivity contribution in [3.05, 3.63) is 35.4 Å². The maximum absolute atomic E-state index is 6.06. The van der Waals surface area contributed by atoms with Gasteiger partial charge in [-0.15, -0.1) is 0 Å². The van der Waals surface area contributed by atoms with Gasteiger partial charge in [-0.3, -0.25) is 11.3 Å². The Hall–Kier alpha value is -0.900. The monoisotopic (exact) mass is 278 g/mol. The molecule has 0 radical (unpaired) electrons. The smallest absolute Gasteiger partial charge is 0.0846 e. The van der Waals surface area contributed by atoms with Crippen LogP contribution in [0, 0.1) is 0 Å². The largest absolute Gasteiger partial charge is 0.374 e. The van der Waals surface area contributed by atoms with Crippen LogP contribution in [-0.2, 0) is 17.6 Å². The summed E-state index contributed by atoms with van der Waals surface area (Å²) in [6.07, 6.45) is 3.88. The van der Waals surface area contributed by atoms with Crippen LogP contribution in [0.5, 0.6) is 0 Å². The highest BCUT2D eigenvalue weighted by atomic mass is 16.5. The zero-order chi connectivity index (χ0) is 15.0. The van der Waals surface area contributed by atoms with Crippen molar-refractivity contribution in [1.82, 2.24) is 5.43 Å². The predicted molar refractivity (Wildman–Crippen MR) is 85.6 cm³/mol. The van der Waals surface area contributed by atoms with Gasteiger partial charge in [-0.05, 0) is 43.7 Å². The van der Waals surface area contributed by atoms with Gasteiger partial charge in [0.05, 0.1) is 11.6 Å². The highest BCUT2D eigenvalue weighted by Gasteiger charge is 2.35. The molecule has 0 aliphatic heterocycles. The fraction of sp³-hybridized carbons (Fsp3) is 0.647. The minimum absolute atomic E-state index is 0.130. The van der Waals surface area contributed by atoms with E-state index in [9.17, 15) is 0 Å². The van der Waals surface area contributed by atoms with Gasteiger partial charge in [0.15, 0.2) is 0 Å². The van der Waals surface area contributed by atoms with Crippen LogP contribution in [-0.4, -0.2) is 18.2 Å². The maximum atomic E-state index is 6.06. The van der Waals surface area contributed by atoms with Gasteiger partial charge in [0, 0.05) is 6.61 Å². The molecule has 1 rings (SSSR count). The summed E-state index contributed by atoms with van der Waals surface area (Å²) in [4.78, 5) is 0. The Kier molecular flexibility index (Phi) is 7.20. The summed E-state index contributed by atoms with van der Waals surface area (Å²) in [7, 11) is 0. The second kappa shape index (κ2) is 8.40. The third-order valence-corrected chi connectivity index (χ3v) is 4.34. The first kappa shape index (κ1) is 17.2. The van der Waals surface area contributed by atoms with Gasteiger partial charge >= 0.3 is 0 Å². The van der Waals surface area contributed by atoms with Crippen LogP contribution in [0.1, 0.15) is 51.7 Å². The molecule has 0 amide bonds. The summed E-state index contributed by atoms with van der Waals surface area (Å²) in [5.41, 5.74) is 5.46. The number of hydrogen-bond donors (Lipinski definition) is 2. The summed E-state index contributed by atoms with van der Waals surface area (Å²) in [5, 5.41) is 0. The number of rotatable bonds is 9. The molecule has 0 fully saturated rings. The summed E-state index contributed by atoms with van der Waals surface area (Å²) in [6, 6.07) is 8.92. The fourth-order valence-electron chi connectivity index (χ4n) is 2.88. The molecule has 114 valence electrons. The molecule has 1 aromatic carbocycles. The van der Waals surface area contributed by atoms with E-state index in [1.165, 1.54) is 11.1 Å². The molecule has 1 unspecified atom stereocenters. The number of nitrogens with one attached hydrogen (secondary N) is 1. The third-order valence-electron chi connectivity index (χ3n) is 4.34. The molecule has 0 aromatic heterocycles. The van der Waals surface area contributed by atoms with Crippen molar-refractivity contribution < 1.29 is 4.74 Å². The molecule has 0 bridgehead atoms. The van der Waals surface area contributed by atoms with Gasteiger partial charge in [-0.2, -0.15) is 0 Å². The molecule has 3 N–H and O–H groups in total. The molecule has 0 saturated heterocycles. The van der Waals surface area contributed by atoms with Crippen LogP contribution in [0.3, 0.4) is 0 Å². The Morgan fingerprint density at radius 3 is 2.00 bits per heavy atom. The fourth-order valence-corrected chi connectivity index (χ4v) is 2.88. The molecule has 0 aliphatic rings. The Morgan fingerprint density at radius 1 is 1.05 bits per heavy atom. The van der Waals surface area contributed by atoms with Crippen LogP contribution < -0.4 is 11.3 Å². The molecule has 0 spiro atoms. The number of hydrogen-bond acceptors (Lipinski definition) is 3. The first-order valence-electron chi connectivity index (χ1n) is 7.83.